The first kappa shape index (κ1) is 23.6. The quantitative estimate of drug-likeness (QED) is 0.636. The maximum atomic E-state index is 13.3. The maximum absolute atomic E-state index is 13.3. The van der Waals surface area contributed by atoms with E-state index in [-0.39, 0.29) is 36.8 Å². The normalized spacial score (nSPS) is 15.0. The van der Waals surface area contributed by atoms with Crippen molar-refractivity contribution >= 4 is 11.8 Å². The summed E-state index contributed by atoms with van der Waals surface area (Å²) in [7, 11) is 1.58. The molecule has 1 N–H and O–H groups in total. The van der Waals surface area contributed by atoms with E-state index in [1.165, 1.54) is 23.5 Å². The molecule has 0 saturated heterocycles. The Labute approximate surface area is 188 Å². The number of nitrogens with one attached hydrogen (secondary N) is 1. The van der Waals surface area contributed by atoms with Crippen LogP contribution in [0.2, 0.25) is 0 Å². The summed E-state index contributed by atoms with van der Waals surface area (Å²) in [5.41, 5.74) is 0.738. The van der Waals surface area contributed by atoms with E-state index >= 15 is 0 Å². The molecule has 2 aromatic rings. The van der Waals surface area contributed by atoms with Crippen LogP contribution in [0, 0.1) is 5.82 Å². The molecule has 0 spiro atoms. The van der Waals surface area contributed by atoms with Crippen molar-refractivity contribution in [2.24, 2.45) is 0 Å². The Hall–Kier alpha value is -3.09. The van der Waals surface area contributed by atoms with Gasteiger partial charge in [0.1, 0.15) is 23.4 Å². The van der Waals surface area contributed by atoms with Crippen LogP contribution in [-0.2, 0) is 16.1 Å². The van der Waals surface area contributed by atoms with Crippen LogP contribution in [-0.4, -0.2) is 42.5 Å². The number of hydrogen-bond acceptors (Lipinski definition) is 4. The zero-order chi connectivity index (χ0) is 22.9. The van der Waals surface area contributed by atoms with Crippen LogP contribution in [0.1, 0.15) is 44.6 Å². The SMILES string of the molecule is COc1ccc(OCC(=O)N(Cc2ccc(F)cc2)[C@@H](C)C(=O)NC2CCCCC2)cc1. The van der Waals surface area contributed by atoms with E-state index in [1.807, 2.05) is 0 Å². The molecule has 1 atom stereocenters. The van der Waals surface area contributed by atoms with Gasteiger partial charge in [0, 0.05) is 12.6 Å². The van der Waals surface area contributed by atoms with Crippen LogP contribution in [0.4, 0.5) is 4.39 Å². The number of rotatable bonds is 9. The van der Waals surface area contributed by atoms with E-state index in [4.69, 9.17) is 9.47 Å². The molecule has 1 aliphatic rings. The third-order valence-electron chi connectivity index (χ3n) is 5.81. The highest BCUT2D eigenvalue weighted by Gasteiger charge is 2.28. The molecule has 1 aliphatic carbocycles. The van der Waals surface area contributed by atoms with E-state index in [9.17, 15) is 14.0 Å². The Bertz CT molecular complexity index is 880. The summed E-state index contributed by atoms with van der Waals surface area (Å²) in [6.45, 7) is 1.69. The molecule has 1 fully saturated rings. The van der Waals surface area contributed by atoms with E-state index in [2.05, 4.69) is 5.32 Å². The first-order valence-electron chi connectivity index (χ1n) is 11.1. The molecule has 0 bridgehead atoms. The van der Waals surface area contributed by atoms with Crippen molar-refractivity contribution in [1.82, 2.24) is 10.2 Å². The molecule has 2 aromatic carbocycles. The molecule has 7 heteroatoms. The van der Waals surface area contributed by atoms with Gasteiger partial charge < -0.3 is 19.7 Å². The molecule has 2 amide bonds. The number of nitrogens with zero attached hydrogens (tertiary/aromatic N) is 1. The molecule has 32 heavy (non-hydrogen) atoms. The largest absolute Gasteiger partial charge is 0.497 e. The number of amides is 2. The van der Waals surface area contributed by atoms with Crippen LogP contribution in [0.3, 0.4) is 0 Å². The molecule has 3 rings (SSSR count). The number of carbonyl (C=O) groups excluding carboxylic acids is 2. The topological polar surface area (TPSA) is 67.9 Å². The summed E-state index contributed by atoms with van der Waals surface area (Å²) >= 11 is 0. The molecule has 0 unspecified atom stereocenters. The van der Waals surface area contributed by atoms with Gasteiger partial charge in [0.2, 0.25) is 5.91 Å². The molecule has 0 aromatic heterocycles. The predicted molar refractivity (Wildman–Crippen MR) is 120 cm³/mol. The van der Waals surface area contributed by atoms with Crippen molar-refractivity contribution in [3.8, 4) is 11.5 Å². The van der Waals surface area contributed by atoms with Crippen LogP contribution in [0.5, 0.6) is 11.5 Å². The van der Waals surface area contributed by atoms with Gasteiger partial charge in [0.05, 0.1) is 7.11 Å². The van der Waals surface area contributed by atoms with Gasteiger partial charge in [-0.05, 0) is 61.7 Å². The molecule has 6 nitrogen and oxygen atoms in total. The van der Waals surface area contributed by atoms with Gasteiger partial charge in [-0.2, -0.15) is 0 Å². The smallest absolute Gasteiger partial charge is 0.261 e. The Morgan fingerprint density at radius 3 is 2.28 bits per heavy atom. The second-order valence-electron chi connectivity index (χ2n) is 8.13. The lowest BCUT2D eigenvalue weighted by molar-refractivity contribution is -0.142. The van der Waals surface area contributed by atoms with Gasteiger partial charge in [-0.25, -0.2) is 4.39 Å². The van der Waals surface area contributed by atoms with Crippen LogP contribution in [0.15, 0.2) is 48.5 Å². The highest BCUT2D eigenvalue weighted by atomic mass is 19.1. The number of carbonyl (C=O) groups is 2. The van der Waals surface area contributed by atoms with Crippen molar-refractivity contribution in [1.29, 1.82) is 0 Å². The standard InChI is InChI=1S/C25H31FN2O4/c1-18(25(30)27-21-6-4-3-5-7-21)28(16-19-8-10-20(26)11-9-19)24(29)17-32-23-14-12-22(31-2)13-15-23/h8-15,18,21H,3-7,16-17H2,1-2H3,(H,27,30)/t18-/m0/s1. The highest BCUT2D eigenvalue weighted by molar-refractivity contribution is 5.88. The first-order chi connectivity index (χ1) is 15.5. The summed E-state index contributed by atoms with van der Waals surface area (Å²) in [6.07, 6.45) is 5.33. The van der Waals surface area contributed by atoms with Crippen LogP contribution >= 0.6 is 0 Å². The average molecular weight is 443 g/mol. The van der Waals surface area contributed by atoms with Crippen molar-refractivity contribution in [2.75, 3.05) is 13.7 Å². The van der Waals surface area contributed by atoms with Crippen molar-refractivity contribution in [3.63, 3.8) is 0 Å². The Balaban J connectivity index is 1.68. The Morgan fingerprint density at radius 1 is 1.03 bits per heavy atom. The summed E-state index contributed by atoms with van der Waals surface area (Å²) < 4.78 is 24.1. The Morgan fingerprint density at radius 2 is 1.66 bits per heavy atom. The zero-order valence-corrected chi connectivity index (χ0v) is 18.7. The summed E-state index contributed by atoms with van der Waals surface area (Å²) in [4.78, 5) is 27.5. The second kappa shape index (κ2) is 11.5. The van der Waals surface area contributed by atoms with E-state index in [1.54, 1.807) is 50.4 Å². The number of methoxy groups -OCH3 is 1. The fourth-order valence-electron chi connectivity index (χ4n) is 3.84. The van der Waals surface area contributed by atoms with Crippen molar-refractivity contribution < 1.29 is 23.5 Å². The minimum atomic E-state index is -0.686. The van der Waals surface area contributed by atoms with E-state index in [0.29, 0.717) is 11.5 Å². The lowest BCUT2D eigenvalue weighted by Gasteiger charge is -2.31. The van der Waals surface area contributed by atoms with Gasteiger partial charge in [-0.1, -0.05) is 31.4 Å². The van der Waals surface area contributed by atoms with Crippen molar-refractivity contribution in [2.45, 2.75) is 57.7 Å². The van der Waals surface area contributed by atoms with Gasteiger partial charge in [-0.15, -0.1) is 0 Å². The number of halogens is 1. The molecule has 172 valence electrons. The first-order valence-corrected chi connectivity index (χ1v) is 11.1. The third kappa shape index (κ3) is 6.70. The highest BCUT2D eigenvalue weighted by Crippen LogP contribution is 2.19. The molecular weight excluding hydrogens is 411 g/mol. The second-order valence-corrected chi connectivity index (χ2v) is 8.13. The van der Waals surface area contributed by atoms with Crippen LogP contribution in [0.25, 0.3) is 0 Å². The Kier molecular flexibility index (Phi) is 8.48. The summed E-state index contributed by atoms with van der Waals surface area (Å²) in [5, 5.41) is 3.09. The van der Waals surface area contributed by atoms with E-state index < -0.39 is 6.04 Å². The average Bonchev–Trinajstić information content (AvgIpc) is 2.82. The van der Waals surface area contributed by atoms with Crippen molar-refractivity contribution in [3.05, 3.63) is 59.9 Å². The molecular formula is C25H31FN2O4. The summed E-state index contributed by atoms with van der Waals surface area (Å²) in [5.74, 6) is 0.362. The van der Waals surface area contributed by atoms with Crippen LogP contribution < -0.4 is 14.8 Å². The molecule has 0 aliphatic heterocycles. The third-order valence-corrected chi connectivity index (χ3v) is 5.81. The van der Waals surface area contributed by atoms with Gasteiger partial charge in [0.25, 0.3) is 5.91 Å². The molecule has 1 saturated carbocycles. The fourth-order valence-corrected chi connectivity index (χ4v) is 3.84. The number of benzene rings is 2. The fraction of sp³-hybridized carbons (Fsp3) is 0.440. The molecule has 0 radical (unpaired) electrons. The predicted octanol–water partition coefficient (Wildman–Crippen LogP) is 4.08. The zero-order valence-electron chi connectivity index (χ0n) is 18.7. The molecule has 0 heterocycles. The lowest BCUT2D eigenvalue weighted by Crippen LogP contribution is -2.51. The van der Waals surface area contributed by atoms with Gasteiger partial charge >= 0.3 is 0 Å². The minimum absolute atomic E-state index is 0.150. The number of hydrogen-bond donors (Lipinski definition) is 1. The van der Waals surface area contributed by atoms with E-state index in [0.717, 1.165) is 31.2 Å². The maximum Gasteiger partial charge on any atom is 0.261 e. The number of ether oxygens (including phenoxy) is 2. The van der Waals surface area contributed by atoms with Gasteiger partial charge in [-0.3, -0.25) is 9.59 Å². The monoisotopic (exact) mass is 442 g/mol. The lowest BCUT2D eigenvalue weighted by atomic mass is 9.95. The summed E-state index contributed by atoms with van der Waals surface area (Å²) in [6, 6.07) is 12.3. The minimum Gasteiger partial charge on any atom is -0.497 e. The van der Waals surface area contributed by atoms with Gasteiger partial charge in [0.15, 0.2) is 6.61 Å².